The van der Waals surface area contributed by atoms with E-state index in [1.807, 2.05) is 24.3 Å². The van der Waals surface area contributed by atoms with Crippen LogP contribution in [0.4, 0.5) is 4.39 Å². The van der Waals surface area contributed by atoms with Gasteiger partial charge in [0, 0.05) is 30.5 Å². The molecule has 1 aromatic heterocycles. The molecule has 1 heterocycles. The van der Waals surface area contributed by atoms with Crippen LogP contribution in [-0.4, -0.2) is 29.1 Å². The lowest BCUT2D eigenvalue weighted by Gasteiger charge is -2.18. The minimum atomic E-state index is -0.286. The van der Waals surface area contributed by atoms with E-state index in [1.165, 1.54) is 18.2 Å². The Kier molecular flexibility index (Phi) is 7.20. The van der Waals surface area contributed by atoms with Crippen molar-refractivity contribution in [1.29, 1.82) is 0 Å². The molecule has 0 aliphatic heterocycles. The quantitative estimate of drug-likeness (QED) is 0.533. The summed E-state index contributed by atoms with van der Waals surface area (Å²) in [6.45, 7) is 5.49. The number of hydrogen-bond acceptors (Lipinski definition) is 3. The number of ether oxygens (including phenoxy) is 1. The molecule has 3 rings (SSSR count). The van der Waals surface area contributed by atoms with E-state index < -0.39 is 0 Å². The van der Waals surface area contributed by atoms with Crippen LogP contribution in [0.5, 0.6) is 5.75 Å². The van der Waals surface area contributed by atoms with Gasteiger partial charge in [-0.25, -0.2) is 4.39 Å². The van der Waals surface area contributed by atoms with Gasteiger partial charge in [-0.2, -0.15) is 0 Å². The standard InChI is InChI=1S/C25H27FN2O2/c1-19(2)27(3)15-4-5-20-8-12-23(13-9-20)28-16-14-24(17-25(28)29)30-18-21-6-10-22(26)11-7-21/h4-14,16-17,19H,15,18H2,1-3H3. The monoisotopic (exact) mass is 406 g/mol. The number of benzene rings is 2. The van der Waals surface area contributed by atoms with Crippen molar-refractivity contribution in [3.05, 3.63) is 100 Å². The summed E-state index contributed by atoms with van der Waals surface area (Å²) in [7, 11) is 2.09. The molecule has 0 aliphatic carbocycles. The lowest BCUT2D eigenvalue weighted by molar-refractivity contribution is 0.303. The van der Waals surface area contributed by atoms with Gasteiger partial charge in [-0.1, -0.05) is 36.4 Å². The Labute approximate surface area is 176 Å². The zero-order valence-electron chi connectivity index (χ0n) is 17.6. The minimum absolute atomic E-state index is 0.173. The Hall–Kier alpha value is -3.18. The van der Waals surface area contributed by atoms with Gasteiger partial charge >= 0.3 is 0 Å². The molecule has 3 aromatic rings. The molecule has 0 amide bonds. The highest BCUT2D eigenvalue weighted by Crippen LogP contribution is 2.14. The molecule has 0 N–H and O–H groups in total. The molecular weight excluding hydrogens is 379 g/mol. The second kappa shape index (κ2) is 10.0. The number of pyridine rings is 1. The molecule has 0 fully saturated rings. The zero-order chi connectivity index (χ0) is 21.5. The molecule has 156 valence electrons. The molecule has 0 radical (unpaired) electrons. The smallest absolute Gasteiger partial charge is 0.258 e. The topological polar surface area (TPSA) is 34.5 Å². The molecule has 0 saturated carbocycles. The highest BCUT2D eigenvalue weighted by molar-refractivity contribution is 5.52. The number of halogens is 1. The van der Waals surface area contributed by atoms with Crippen LogP contribution < -0.4 is 10.3 Å². The van der Waals surface area contributed by atoms with Gasteiger partial charge in [0.25, 0.3) is 5.56 Å². The summed E-state index contributed by atoms with van der Waals surface area (Å²) in [5.41, 5.74) is 2.54. The summed E-state index contributed by atoms with van der Waals surface area (Å²) >= 11 is 0. The normalized spacial score (nSPS) is 11.5. The van der Waals surface area contributed by atoms with E-state index in [4.69, 9.17) is 4.74 Å². The first-order valence-electron chi connectivity index (χ1n) is 9.99. The van der Waals surface area contributed by atoms with Crippen molar-refractivity contribution in [2.45, 2.75) is 26.5 Å². The average Bonchev–Trinajstić information content (AvgIpc) is 2.74. The summed E-state index contributed by atoms with van der Waals surface area (Å²) in [6, 6.07) is 17.6. The van der Waals surface area contributed by atoms with Gasteiger partial charge in [-0.05, 0) is 62.4 Å². The van der Waals surface area contributed by atoms with Gasteiger partial charge in [0.2, 0.25) is 0 Å². The summed E-state index contributed by atoms with van der Waals surface area (Å²) in [6.07, 6.45) is 5.91. The molecule has 0 atom stereocenters. The molecule has 0 spiro atoms. The summed E-state index contributed by atoms with van der Waals surface area (Å²) < 4.78 is 20.2. The van der Waals surface area contributed by atoms with Crippen molar-refractivity contribution < 1.29 is 9.13 Å². The van der Waals surface area contributed by atoms with Crippen molar-refractivity contribution in [3.8, 4) is 11.4 Å². The number of hydrogen-bond donors (Lipinski definition) is 0. The number of rotatable bonds is 8. The SMILES string of the molecule is CC(C)N(C)CC=Cc1ccc(-n2ccc(OCc3ccc(F)cc3)cc2=O)cc1. The van der Waals surface area contributed by atoms with Gasteiger partial charge in [0.1, 0.15) is 18.2 Å². The highest BCUT2D eigenvalue weighted by Gasteiger charge is 2.04. The second-order valence-electron chi connectivity index (χ2n) is 7.51. The van der Waals surface area contributed by atoms with Gasteiger partial charge in [0.15, 0.2) is 0 Å². The van der Waals surface area contributed by atoms with Crippen LogP contribution in [0.3, 0.4) is 0 Å². The molecule has 30 heavy (non-hydrogen) atoms. The second-order valence-corrected chi connectivity index (χ2v) is 7.51. The molecular formula is C25H27FN2O2. The third kappa shape index (κ3) is 5.91. The van der Waals surface area contributed by atoms with Crippen molar-refractivity contribution in [1.82, 2.24) is 9.47 Å². The van der Waals surface area contributed by atoms with Gasteiger partial charge in [-0.15, -0.1) is 0 Å². The van der Waals surface area contributed by atoms with E-state index in [0.29, 0.717) is 11.8 Å². The van der Waals surface area contributed by atoms with Crippen molar-refractivity contribution in [3.63, 3.8) is 0 Å². The third-order valence-corrected chi connectivity index (χ3v) is 4.97. The summed E-state index contributed by atoms with van der Waals surface area (Å²) in [4.78, 5) is 14.8. The molecule has 5 heteroatoms. The Morgan fingerprint density at radius 2 is 1.77 bits per heavy atom. The average molecular weight is 407 g/mol. The predicted octanol–water partition coefficient (Wildman–Crippen LogP) is 4.91. The van der Waals surface area contributed by atoms with Crippen LogP contribution in [0.2, 0.25) is 0 Å². The van der Waals surface area contributed by atoms with Crippen molar-refractivity contribution >= 4 is 6.08 Å². The zero-order valence-corrected chi connectivity index (χ0v) is 17.6. The highest BCUT2D eigenvalue weighted by atomic mass is 19.1. The van der Waals surface area contributed by atoms with E-state index >= 15 is 0 Å². The Morgan fingerprint density at radius 1 is 1.07 bits per heavy atom. The van der Waals surface area contributed by atoms with Gasteiger partial charge < -0.3 is 9.64 Å². The first kappa shape index (κ1) is 21.5. The van der Waals surface area contributed by atoms with E-state index in [0.717, 1.165) is 23.4 Å². The first-order valence-corrected chi connectivity index (χ1v) is 9.99. The Morgan fingerprint density at radius 3 is 2.40 bits per heavy atom. The van der Waals surface area contributed by atoms with Crippen molar-refractivity contribution in [2.75, 3.05) is 13.6 Å². The molecule has 0 saturated heterocycles. The number of likely N-dealkylation sites (N-methyl/N-ethyl adjacent to an activating group) is 1. The van der Waals surface area contributed by atoms with E-state index in [-0.39, 0.29) is 18.0 Å². The predicted molar refractivity (Wildman–Crippen MR) is 120 cm³/mol. The molecule has 0 aliphatic rings. The van der Waals surface area contributed by atoms with Crippen LogP contribution >= 0.6 is 0 Å². The number of aromatic nitrogens is 1. The fourth-order valence-electron chi connectivity index (χ4n) is 2.82. The third-order valence-electron chi connectivity index (χ3n) is 4.97. The minimum Gasteiger partial charge on any atom is -0.489 e. The lowest BCUT2D eigenvalue weighted by atomic mass is 10.2. The van der Waals surface area contributed by atoms with Gasteiger partial charge in [0.05, 0.1) is 0 Å². The Balaban J connectivity index is 1.63. The fourth-order valence-corrected chi connectivity index (χ4v) is 2.82. The largest absolute Gasteiger partial charge is 0.489 e. The van der Waals surface area contributed by atoms with E-state index in [2.05, 4.69) is 37.9 Å². The van der Waals surface area contributed by atoms with Crippen molar-refractivity contribution in [2.24, 2.45) is 0 Å². The van der Waals surface area contributed by atoms with E-state index in [1.54, 1.807) is 29.0 Å². The Bertz CT molecular complexity index is 1040. The molecule has 2 aromatic carbocycles. The molecule has 0 unspecified atom stereocenters. The van der Waals surface area contributed by atoms with Crippen LogP contribution in [0.1, 0.15) is 25.0 Å². The maximum Gasteiger partial charge on any atom is 0.258 e. The fraction of sp³-hybridized carbons (Fsp3) is 0.240. The summed E-state index contributed by atoms with van der Waals surface area (Å²) in [5, 5.41) is 0. The maximum atomic E-state index is 13.0. The van der Waals surface area contributed by atoms with Crippen LogP contribution in [-0.2, 0) is 6.61 Å². The summed E-state index contributed by atoms with van der Waals surface area (Å²) in [5.74, 6) is 0.195. The van der Waals surface area contributed by atoms with Crippen LogP contribution in [0.15, 0.2) is 77.7 Å². The van der Waals surface area contributed by atoms with Crippen LogP contribution in [0, 0.1) is 5.82 Å². The molecule has 0 bridgehead atoms. The lowest BCUT2D eigenvalue weighted by Crippen LogP contribution is -2.26. The van der Waals surface area contributed by atoms with E-state index in [9.17, 15) is 9.18 Å². The van der Waals surface area contributed by atoms with Gasteiger partial charge in [-0.3, -0.25) is 9.36 Å². The first-order chi connectivity index (χ1) is 14.4. The van der Waals surface area contributed by atoms with Crippen LogP contribution in [0.25, 0.3) is 11.8 Å². The molecule has 4 nitrogen and oxygen atoms in total. The maximum absolute atomic E-state index is 13.0. The number of nitrogens with zero attached hydrogens (tertiary/aromatic N) is 2.